The van der Waals surface area contributed by atoms with Gasteiger partial charge in [0.1, 0.15) is 22.8 Å². The number of piperazine rings is 1. The maximum absolute atomic E-state index is 12.9. The van der Waals surface area contributed by atoms with Gasteiger partial charge in [0.25, 0.3) is 0 Å². The Balaban J connectivity index is 1.61. The van der Waals surface area contributed by atoms with E-state index >= 15 is 0 Å². The van der Waals surface area contributed by atoms with Gasteiger partial charge in [0, 0.05) is 26.2 Å². The van der Waals surface area contributed by atoms with Gasteiger partial charge >= 0.3 is 5.97 Å². The second-order valence-electron chi connectivity index (χ2n) is 5.74. The number of carboxylic acid groups (broad SMARTS) is 1. The molecule has 1 aromatic carbocycles. The van der Waals surface area contributed by atoms with Crippen LogP contribution in [-0.2, 0) is 31.0 Å². The normalized spacial score (nSPS) is 17.5. The molecule has 0 aliphatic carbocycles. The Labute approximate surface area is 153 Å². The molecular formula is C14H17N5O5S2. The van der Waals surface area contributed by atoms with E-state index in [0.717, 1.165) is 11.4 Å². The van der Waals surface area contributed by atoms with E-state index in [0.29, 0.717) is 24.5 Å². The Morgan fingerprint density at radius 2 is 1.92 bits per heavy atom. The second kappa shape index (κ2) is 7.61. The smallest absolute Gasteiger partial charge is 0.322 e. The molecule has 0 aromatic heterocycles. The van der Waals surface area contributed by atoms with E-state index < -0.39 is 28.4 Å². The summed E-state index contributed by atoms with van der Waals surface area (Å²) < 4.78 is 35.3. The van der Waals surface area contributed by atoms with Crippen LogP contribution in [0.2, 0.25) is 0 Å². The predicted octanol–water partition coefficient (Wildman–Crippen LogP) is -0.0799. The van der Waals surface area contributed by atoms with Gasteiger partial charge < -0.3 is 10.4 Å². The molecule has 1 fully saturated rings. The van der Waals surface area contributed by atoms with Crippen molar-refractivity contribution >= 4 is 44.6 Å². The summed E-state index contributed by atoms with van der Waals surface area (Å²) >= 11 is 0.966. The highest BCUT2D eigenvalue weighted by Crippen LogP contribution is 2.38. The van der Waals surface area contributed by atoms with Crippen molar-refractivity contribution in [2.24, 2.45) is 8.73 Å². The third-order valence-corrected chi connectivity index (χ3v) is 6.47. The van der Waals surface area contributed by atoms with Crippen LogP contribution in [0.15, 0.2) is 31.8 Å². The number of carbonyl (C=O) groups is 2. The molecular weight excluding hydrogens is 382 g/mol. The topological polar surface area (TPSA) is 132 Å². The van der Waals surface area contributed by atoms with Gasteiger partial charge in [-0.25, -0.2) is 8.42 Å². The fourth-order valence-electron chi connectivity index (χ4n) is 2.69. The zero-order chi connectivity index (χ0) is 18.7. The molecule has 1 saturated heterocycles. The number of carboxylic acids is 1. The number of carbonyl (C=O) groups excluding carboxylic acids is 1. The van der Waals surface area contributed by atoms with Crippen molar-refractivity contribution in [2.75, 3.05) is 39.3 Å². The molecule has 0 bridgehead atoms. The number of aliphatic carboxylic acids is 1. The molecule has 3 rings (SSSR count). The van der Waals surface area contributed by atoms with E-state index in [1.165, 1.54) is 10.4 Å². The van der Waals surface area contributed by atoms with Gasteiger partial charge in [-0.15, -0.1) is 0 Å². The second-order valence-corrected chi connectivity index (χ2v) is 8.17. The van der Waals surface area contributed by atoms with Crippen LogP contribution >= 0.6 is 0 Å². The number of sulfonamides is 1. The van der Waals surface area contributed by atoms with E-state index in [4.69, 9.17) is 5.11 Å². The van der Waals surface area contributed by atoms with E-state index in [2.05, 4.69) is 14.0 Å². The highest BCUT2D eigenvalue weighted by molar-refractivity contribution is 7.89. The van der Waals surface area contributed by atoms with Gasteiger partial charge in [-0.05, 0) is 12.1 Å². The quantitative estimate of drug-likeness (QED) is 0.698. The van der Waals surface area contributed by atoms with E-state index in [9.17, 15) is 18.0 Å². The molecule has 1 aromatic rings. The average molecular weight is 399 g/mol. The number of hydrogen-bond donors (Lipinski definition) is 2. The molecule has 0 unspecified atom stereocenters. The standard InChI is InChI=1S/C14H17N5O5S2/c20-12(15-8-13(21)22)9-18-4-6-19(7-5-18)26(23,24)11-3-1-2-10-14(11)17-25-16-10/h1-3H,4-9H2,(H,15,20)(H,21,22). The Morgan fingerprint density at radius 3 is 2.62 bits per heavy atom. The number of hydrogen-bond acceptors (Lipinski definition) is 7. The summed E-state index contributed by atoms with van der Waals surface area (Å²) in [6.07, 6.45) is 0. The van der Waals surface area contributed by atoms with Gasteiger partial charge in [-0.2, -0.15) is 13.0 Å². The first-order chi connectivity index (χ1) is 12.4. The SMILES string of the molecule is O=C(O)CNC(=O)CN1CCN(S(=O)(=O)c2cccc3c2N=S=N3)CC1. The Kier molecular flexibility index (Phi) is 5.46. The zero-order valence-corrected chi connectivity index (χ0v) is 15.3. The third-order valence-electron chi connectivity index (χ3n) is 4.00. The van der Waals surface area contributed by atoms with Crippen LogP contribution < -0.4 is 5.32 Å². The molecule has 2 N–H and O–H groups in total. The van der Waals surface area contributed by atoms with Crippen molar-refractivity contribution in [3.63, 3.8) is 0 Å². The molecule has 12 heteroatoms. The fourth-order valence-corrected chi connectivity index (χ4v) is 4.86. The van der Waals surface area contributed by atoms with Crippen molar-refractivity contribution < 1.29 is 23.1 Å². The molecule has 0 radical (unpaired) electrons. The molecule has 140 valence electrons. The molecule has 1 amide bonds. The summed E-state index contributed by atoms with van der Waals surface area (Å²) in [5, 5.41) is 10.8. The molecule has 2 aliphatic rings. The zero-order valence-electron chi connectivity index (χ0n) is 13.7. The average Bonchev–Trinajstić information content (AvgIpc) is 3.09. The lowest BCUT2D eigenvalue weighted by Crippen LogP contribution is -2.51. The number of rotatable bonds is 6. The number of amides is 1. The first kappa shape index (κ1) is 18.6. The maximum Gasteiger partial charge on any atom is 0.322 e. The minimum Gasteiger partial charge on any atom is -0.480 e. The summed E-state index contributed by atoms with van der Waals surface area (Å²) in [6, 6.07) is 4.87. The number of fused-ring (bicyclic) bond motifs is 1. The number of nitrogens with zero attached hydrogens (tertiary/aromatic N) is 4. The molecule has 0 saturated carbocycles. The predicted molar refractivity (Wildman–Crippen MR) is 93.8 cm³/mol. The van der Waals surface area contributed by atoms with Crippen LogP contribution in [0, 0.1) is 0 Å². The van der Waals surface area contributed by atoms with Crippen molar-refractivity contribution in [3.8, 4) is 0 Å². The molecule has 2 heterocycles. The van der Waals surface area contributed by atoms with E-state index in [1.807, 2.05) is 0 Å². The van der Waals surface area contributed by atoms with Crippen LogP contribution in [0.1, 0.15) is 0 Å². The van der Waals surface area contributed by atoms with Crippen LogP contribution in [0.3, 0.4) is 0 Å². The van der Waals surface area contributed by atoms with Gasteiger partial charge in [-0.3, -0.25) is 14.5 Å². The summed E-state index contributed by atoms with van der Waals surface area (Å²) in [7, 11) is -3.70. The highest BCUT2D eigenvalue weighted by atomic mass is 32.2. The van der Waals surface area contributed by atoms with Crippen LogP contribution in [0.5, 0.6) is 0 Å². The summed E-state index contributed by atoms with van der Waals surface area (Å²) in [5.41, 5.74) is 0.915. The maximum atomic E-state index is 12.9. The summed E-state index contributed by atoms with van der Waals surface area (Å²) in [4.78, 5) is 24.0. The monoisotopic (exact) mass is 399 g/mol. The Bertz CT molecular complexity index is 902. The lowest BCUT2D eigenvalue weighted by atomic mass is 10.3. The molecule has 26 heavy (non-hydrogen) atoms. The first-order valence-electron chi connectivity index (χ1n) is 7.80. The highest BCUT2D eigenvalue weighted by Gasteiger charge is 2.32. The van der Waals surface area contributed by atoms with Crippen LogP contribution in [0.25, 0.3) is 0 Å². The van der Waals surface area contributed by atoms with Gasteiger partial charge in [0.05, 0.1) is 17.9 Å². The van der Waals surface area contributed by atoms with E-state index in [-0.39, 0.29) is 24.5 Å². The molecule has 10 nitrogen and oxygen atoms in total. The van der Waals surface area contributed by atoms with E-state index in [1.54, 1.807) is 17.0 Å². The largest absolute Gasteiger partial charge is 0.480 e. The van der Waals surface area contributed by atoms with Gasteiger partial charge in [-0.1, -0.05) is 6.07 Å². The summed E-state index contributed by atoms with van der Waals surface area (Å²) in [6.45, 7) is 0.840. The third kappa shape index (κ3) is 3.98. The van der Waals surface area contributed by atoms with Crippen LogP contribution in [0.4, 0.5) is 11.4 Å². The Hall–Kier alpha value is -2.15. The number of benzene rings is 1. The Morgan fingerprint density at radius 1 is 1.19 bits per heavy atom. The fraction of sp³-hybridized carbons (Fsp3) is 0.429. The van der Waals surface area contributed by atoms with Gasteiger partial charge in [0.2, 0.25) is 15.9 Å². The first-order valence-corrected chi connectivity index (χ1v) is 9.97. The number of nitrogens with one attached hydrogen (secondary N) is 1. The molecule has 0 spiro atoms. The van der Waals surface area contributed by atoms with Gasteiger partial charge in [0.15, 0.2) is 0 Å². The molecule has 2 aliphatic heterocycles. The van der Waals surface area contributed by atoms with Crippen molar-refractivity contribution in [1.29, 1.82) is 0 Å². The minimum absolute atomic E-state index is 0.0345. The van der Waals surface area contributed by atoms with Crippen molar-refractivity contribution in [1.82, 2.24) is 14.5 Å². The lowest BCUT2D eigenvalue weighted by molar-refractivity contribution is -0.138. The van der Waals surface area contributed by atoms with Crippen molar-refractivity contribution in [2.45, 2.75) is 4.90 Å². The van der Waals surface area contributed by atoms with Crippen molar-refractivity contribution in [3.05, 3.63) is 18.2 Å². The molecule has 0 atom stereocenters. The summed E-state index contributed by atoms with van der Waals surface area (Å²) in [5.74, 6) is -1.51. The lowest BCUT2D eigenvalue weighted by Gasteiger charge is -2.33. The minimum atomic E-state index is -3.70. The van der Waals surface area contributed by atoms with Crippen LogP contribution in [-0.4, -0.2) is 73.9 Å².